The Morgan fingerprint density at radius 1 is 1.12 bits per heavy atom. The average Bonchev–Trinajstić information content (AvgIpc) is 2.39. The minimum absolute atomic E-state index is 0.136. The fourth-order valence-corrected chi connectivity index (χ4v) is 3.35. The average molecular weight is 241 g/mol. The van der Waals surface area contributed by atoms with Gasteiger partial charge in [-0.3, -0.25) is 9.69 Å². The van der Waals surface area contributed by atoms with E-state index in [4.69, 9.17) is 5.11 Å². The van der Waals surface area contributed by atoms with Crippen LogP contribution in [0.4, 0.5) is 0 Å². The van der Waals surface area contributed by atoms with Gasteiger partial charge in [0.1, 0.15) is 0 Å². The summed E-state index contributed by atoms with van der Waals surface area (Å²) in [6.07, 6.45) is 7.08. The number of carboxylic acids is 1. The van der Waals surface area contributed by atoms with Gasteiger partial charge in [-0.05, 0) is 45.1 Å². The van der Waals surface area contributed by atoms with Gasteiger partial charge in [-0.1, -0.05) is 6.42 Å². The maximum atomic E-state index is 10.9. The number of hydrogen-bond acceptors (Lipinski definition) is 3. The summed E-state index contributed by atoms with van der Waals surface area (Å²) in [6.45, 7) is 1.33. The van der Waals surface area contributed by atoms with Crippen molar-refractivity contribution in [3.05, 3.63) is 0 Å². The van der Waals surface area contributed by atoms with E-state index >= 15 is 0 Å². The van der Waals surface area contributed by atoms with Gasteiger partial charge in [0.05, 0.1) is 12.5 Å². The van der Waals surface area contributed by atoms with Gasteiger partial charge in [0.15, 0.2) is 0 Å². The molecule has 17 heavy (non-hydrogen) atoms. The molecule has 0 radical (unpaired) electrons. The van der Waals surface area contributed by atoms with Crippen molar-refractivity contribution in [1.29, 1.82) is 0 Å². The molecule has 0 spiro atoms. The zero-order valence-corrected chi connectivity index (χ0v) is 10.3. The van der Waals surface area contributed by atoms with Gasteiger partial charge in [0, 0.05) is 12.1 Å². The standard InChI is InChI=1S/C13H23NO3/c15-9-12-3-1-2-8-14(12)11-6-4-10(5-7-11)13(16)17/h10-12,15H,1-9H2,(H,16,17)/t10?,11?,12-/m0/s1. The number of hydrogen-bond donors (Lipinski definition) is 2. The van der Waals surface area contributed by atoms with E-state index in [0.29, 0.717) is 12.1 Å². The first-order chi connectivity index (χ1) is 8.22. The van der Waals surface area contributed by atoms with E-state index in [1.807, 2.05) is 0 Å². The van der Waals surface area contributed by atoms with Gasteiger partial charge in [-0.2, -0.15) is 0 Å². The molecule has 0 aromatic heterocycles. The summed E-state index contributed by atoms with van der Waals surface area (Å²) in [4.78, 5) is 13.3. The van der Waals surface area contributed by atoms with Crippen molar-refractivity contribution in [2.75, 3.05) is 13.2 Å². The van der Waals surface area contributed by atoms with Crippen LogP contribution >= 0.6 is 0 Å². The minimum Gasteiger partial charge on any atom is -0.481 e. The number of rotatable bonds is 3. The smallest absolute Gasteiger partial charge is 0.306 e. The molecule has 0 amide bonds. The van der Waals surface area contributed by atoms with E-state index in [1.165, 1.54) is 12.8 Å². The van der Waals surface area contributed by atoms with Gasteiger partial charge in [-0.25, -0.2) is 0 Å². The molecule has 0 aromatic carbocycles. The second kappa shape index (κ2) is 5.83. The lowest BCUT2D eigenvalue weighted by atomic mass is 9.84. The summed E-state index contributed by atoms with van der Waals surface area (Å²) < 4.78 is 0. The number of aliphatic carboxylic acids is 1. The van der Waals surface area contributed by atoms with Crippen molar-refractivity contribution in [1.82, 2.24) is 4.90 Å². The predicted octanol–water partition coefficient (Wildman–Crippen LogP) is 1.48. The summed E-state index contributed by atoms with van der Waals surface area (Å²) >= 11 is 0. The van der Waals surface area contributed by atoms with Crippen molar-refractivity contribution in [3.8, 4) is 0 Å². The Labute approximate surface area is 103 Å². The first kappa shape index (κ1) is 12.8. The third-order valence-corrected chi connectivity index (χ3v) is 4.40. The summed E-state index contributed by atoms with van der Waals surface area (Å²) in [6, 6.07) is 0.818. The highest BCUT2D eigenvalue weighted by Crippen LogP contribution is 2.31. The zero-order valence-electron chi connectivity index (χ0n) is 10.3. The van der Waals surface area contributed by atoms with E-state index < -0.39 is 5.97 Å². The van der Waals surface area contributed by atoms with Crippen molar-refractivity contribution in [2.45, 2.75) is 57.0 Å². The molecular weight excluding hydrogens is 218 g/mol. The van der Waals surface area contributed by atoms with Crippen LogP contribution in [0.3, 0.4) is 0 Å². The fourth-order valence-electron chi connectivity index (χ4n) is 3.35. The molecule has 0 aromatic rings. The third-order valence-electron chi connectivity index (χ3n) is 4.40. The minimum atomic E-state index is -0.638. The van der Waals surface area contributed by atoms with Crippen LogP contribution in [-0.2, 0) is 4.79 Å². The summed E-state index contributed by atoms with van der Waals surface area (Å²) in [5.41, 5.74) is 0. The normalized spacial score (nSPS) is 35.7. The lowest BCUT2D eigenvalue weighted by Crippen LogP contribution is -2.49. The molecule has 0 bridgehead atoms. The molecule has 0 unspecified atom stereocenters. The Bertz CT molecular complexity index is 261. The van der Waals surface area contributed by atoms with Crippen molar-refractivity contribution in [3.63, 3.8) is 0 Å². The SMILES string of the molecule is O=C(O)C1CCC(N2CCCC[C@H]2CO)CC1. The van der Waals surface area contributed by atoms with Gasteiger partial charge >= 0.3 is 5.97 Å². The Balaban J connectivity index is 1.88. The fraction of sp³-hybridized carbons (Fsp3) is 0.923. The molecule has 1 atom stereocenters. The number of aliphatic hydroxyl groups excluding tert-OH is 1. The molecule has 1 heterocycles. The Morgan fingerprint density at radius 3 is 2.41 bits per heavy atom. The second-order valence-corrected chi connectivity index (χ2v) is 5.41. The number of likely N-dealkylation sites (tertiary alicyclic amines) is 1. The lowest BCUT2D eigenvalue weighted by Gasteiger charge is -2.42. The van der Waals surface area contributed by atoms with Crippen LogP contribution in [0.1, 0.15) is 44.9 Å². The van der Waals surface area contributed by atoms with Gasteiger partial charge in [-0.15, -0.1) is 0 Å². The number of carboxylic acid groups (broad SMARTS) is 1. The van der Waals surface area contributed by atoms with Crippen molar-refractivity contribution < 1.29 is 15.0 Å². The van der Waals surface area contributed by atoms with Crippen LogP contribution in [0.2, 0.25) is 0 Å². The van der Waals surface area contributed by atoms with E-state index in [1.54, 1.807) is 0 Å². The number of carbonyl (C=O) groups is 1. The molecule has 2 N–H and O–H groups in total. The first-order valence-electron chi connectivity index (χ1n) is 6.81. The van der Waals surface area contributed by atoms with E-state index in [2.05, 4.69) is 4.90 Å². The molecule has 1 aliphatic carbocycles. The summed E-state index contributed by atoms with van der Waals surface area (Å²) in [5.74, 6) is -0.774. The van der Waals surface area contributed by atoms with Crippen LogP contribution in [0.5, 0.6) is 0 Å². The van der Waals surface area contributed by atoms with Gasteiger partial charge in [0.2, 0.25) is 0 Å². The Morgan fingerprint density at radius 2 is 1.82 bits per heavy atom. The van der Waals surface area contributed by atoms with Crippen LogP contribution in [0.15, 0.2) is 0 Å². The molecule has 98 valence electrons. The lowest BCUT2D eigenvalue weighted by molar-refractivity contribution is -0.143. The molecule has 2 fully saturated rings. The topological polar surface area (TPSA) is 60.8 Å². The zero-order chi connectivity index (χ0) is 12.3. The van der Waals surface area contributed by atoms with Crippen molar-refractivity contribution >= 4 is 5.97 Å². The van der Waals surface area contributed by atoms with E-state index in [-0.39, 0.29) is 12.5 Å². The Kier molecular flexibility index (Phi) is 4.40. The maximum absolute atomic E-state index is 10.9. The van der Waals surface area contributed by atoms with Crippen LogP contribution < -0.4 is 0 Å². The Hall–Kier alpha value is -0.610. The largest absolute Gasteiger partial charge is 0.481 e. The molecule has 2 aliphatic rings. The van der Waals surface area contributed by atoms with E-state index in [9.17, 15) is 9.90 Å². The molecule has 4 heteroatoms. The number of aliphatic hydroxyl groups is 1. The predicted molar refractivity (Wildman–Crippen MR) is 64.8 cm³/mol. The van der Waals surface area contributed by atoms with Crippen LogP contribution in [0, 0.1) is 5.92 Å². The molecule has 1 saturated carbocycles. The highest BCUT2D eigenvalue weighted by molar-refractivity contribution is 5.70. The molecule has 2 rings (SSSR count). The highest BCUT2D eigenvalue weighted by atomic mass is 16.4. The molecular formula is C13H23NO3. The van der Waals surface area contributed by atoms with Crippen LogP contribution in [-0.4, -0.2) is 46.3 Å². The summed E-state index contributed by atoms with van der Waals surface area (Å²) in [5, 5.41) is 18.4. The summed E-state index contributed by atoms with van der Waals surface area (Å²) in [7, 11) is 0. The van der Waals surface area contributed by atoms with Gasteiger partial charge in [0.25, 0.3) is 0 Å². The number of nitrogens with zero attached hydrogens (tertiary/aromatic N) is 1. The molecule has 4 nitrogen and oxygen atoms in total. The third kappa shape index (κ3) is 2.99. The van der Waals surface area contributed by atoms with E-state index in [0.717, 1.165) is 38.6 Å². The number of piperidine rings is 1. The molecule has 1 saturated heterocycles. The first-order valence-corrected chi connectivity index (χ1v) is 6.81. The molecule has 1 aliphatic heterocycles. The quantitative estimate of drug-likeness (QED) is 0.785. The monoisotopic (exact) mass is 241 g/mol. The van der Waals surface area contributed by atoms with Crippen LogP contribution in [0.25, 0.3) is 0 Å². The maximum Gasteiger partial charge on any atom is 0.306 e. The van der Waals surface area contributed by atoms with Gasteiger partial charge < -0.3 is 10.2 Å². The van der Waals surface area contributed by atoms with Crippen molar-refractivity contribution in [2.24, 2.45) is 5.92 Å². The highest BCUT2D eigenvalue weighted by Gasteiger charge is 2.33. The second-order valence-electron chi connectivity index (χ2n) is 5.41.